The fourth-order valence-electron chi connectivity index (χ4n) is 1.51. The lowest BCUT2D eigenvalue weighted by molar-refractivity contribution is 0.173. The van der Waals surface area contributed by atoms with Crippen molar-refractivity contribution in [2.24, 2.45) is 5.92 Å². The van der Waals surface area contributed by atoms with Gasteiger partial charge >= 0.3 is 0 Å². The van der Waals surface area contributed by atoms with E-state index in [9.17, 15) is 0 Å². The average Bonchev–Trinajstić information content (AvgIpc) is 2.42. The summed E-state index contributed by atoms with van der Waals surface area (Å²) in [5, 5.41) is 12.3. The minimum absolute atomic E-state index is 0.137. The third-order valence-electron chi connectivity index (χ3n) is 2.66. The molecule has 4 nitrogen and oxygen atoms in total. The summed E-state index contributed by atoms with van der Waals surface area (Å²) < 4.78 is 11.8. The van der Waals surface area contributed by atoms with Crippen molar-refractivity contribution < 1.29 is 14.6 Å². The SMILES string of the molecule is COCCNCc1cc(Br)ccc1OCC(C)CO. The summed E-state index contributed by atoms with van der Waals surface area (Å²) in [4.78, 5) is 0. The van der Waals surface area contributed by atoms with Crippen molar-refractivity contribution in [3.05, 3.63) is 28.2 Å². The van der Waals surface area contributed by atoms with Gasteiger partial charge in [0.25, 0.3) is 0 Å². The van der Waals surface area contributed by atoms with Crippen molar-refractivity contribution in [1.82, 2.24) is 5.32 Å². The Morgan fingerprint density at radius 1 is 1.42 bits per heavy atom. The molecule has 0 aliphatic rings. The van der Waals surface area contributed by atoms with Gasteiger partial charge in [-0.25, -0.2) is 0 Å². The first-order valence-corrected chi connectivity index (χ1v) is 7.18. The molecule has 19 heavy (non-hydrogen) atoms. The van der Waals surface area contributed by atoms with E-state index in [1.54, 1.807) is 7.11 Å². The maximum Gasteiger partial charge on any atom is 0.123 e. The van der Waals surface area contributed by atoms with E-state index in [1.807, 2.05) is 25.1 Å². The first-order chi connectivity index (χ1) is 9.17. The Bertz CT molecular complexity index is 374. The summed E-state index contributed by atoms with van der Waals surface area (Å²) in [5.41, 5.74) is 1.09. The Morgan fingerprint density at radius 3 is 2.89 bits per heavy atom. The molecule has 1 aromatic rings. The molecule has 0 spiro atoms. The molecule has 0 bridgehead atoms. The van der Waals surface area contributed by atoms with Crippen LogP contribution in [0.25, 0.3) is 0 Å². The predicted octanol–water partition coefficient (Wildman–Crippen LogP) is 2.19. The number of nitrogens with one attached hydrogen (secondary N) is 1. The largest absolute Gasteiger partial charge is 0.493 e. The highest BCUT2D eigenvalue weighted by atomic mass is 79.9. The van der Waals surface area contributed by atoms with Gasteiger partial charge in [-0.05, 0) is 18.2 Å². The molecule has 0 fully saturated rings. The number of aliphatic hydroxyl groups excluding tert-OH is 1. The van der Waals surface area contributed by atoms with Crippen molar-refractivity contribution in [2.45, 2.75) is 13.5 Å². The maximum atomic E-state index is 9.01. The molecule has 1 unspecified atom stereocenters. The van der Waals surface area contributed by atoms with E-state index >= 15 is 0 Å². The van der Waals surface area contributed by atoms with Crippen LogP contribution in [0.2, 0.25) is 0 Å². The van der Waals surface area contributed by atoms with Crippen LogP contribution < -0.4 is 10.1 Å². The van der Waals surface area contributed by atoms with E-state index < -0.39 is 0 Å². The minimum atomic E-state index is 0.137. The van der Waals surface area contributed by atoms with E-state index in [0.29, 0.717) is 13.2 Å². The summed E-state index contributed by atoms with van der Waals surface area (Å²) in [6, 6.07) is 5.94. The lowest BCUT2D eigenvalue weighted by Gasteiger charge is -2.15. The van der Waals surface area contributed by atoms with Crippen molar-refractivity contribution in [1.29, 1.82) is 0 Å². The Morgan fingerprint density at radius 2 is 2.21 bits per heavy atom. The van der Waals surface area contributed by atoms with Crippen molar-refractivity contribution in [3.63, 3.8) is 0 Å². The molecule has 2 N–H and O–H groups in total. The van der Waals surface area contributed by atoms with Gasteiger partial charge in [-0.15, -0.1) is 0 Å². The van der Waals surface area contributed by atoms with Gasteiger partial charge in [0.15, 0.2) is 0 Å². The number of aliphatic hydroxyl groups is 1. The molecule has 1 aromatic carbocycles. The van der Waals surface area contributed by atoms with E-state index in [2.05, 4.69) is 21.2 Å². The third-order valence-corrected chi connectivity index (χ3v) is 3.15. The van der Waals surface area contributed by atoms with Crippen LogP contribution in [0.5, 0.6) is 5.75 Å². The molecule has 0 heterocycles. The first kappa shape index (κ1) is 16.4. The van der Waals surface area contributed by atoms with E-state index in [-0.39, 0.29) is 12.5 Å². The number of methoxy groups -OCH3 is 1. The first-order valence-electron chi connectivity index (χ1n) is 6.39. The van der Waals surface area contributed by atoms with E-state index in [4.69, 9.17) is 14.6 Å². The highest BCUT2D eigenvalue weighted by molar-refractivity contribution is 9.10. The lowest BCUT2D eigenvalue weighted by Crippen LogP contribution is -2.19. The summed E-state index contributed by atoms with van der Waals surface area (Å²) >= 11 is 3.46. The maximum absolute atomic E-state index is 9.01. The van der Waals surface area contributed by atoms with E-state index in [0.717, 1.165) is 28.9 Å². The van der Waals surface area contributed by atoms with Gasteiger partial charge < -0.3 is 19.9 Å². The van der Waals surface area contributed by atoms with Crippen LogP contribution in [-0.2, 0) is 11.3 Å². The molecule has 0 radical (unpaired) electrons. The van der Waals surface area contributed by atoms with Crippen LogP contribution >= 0.6 is 15.9 Å². The Labute approximate surface area is 123 Å². The summed E-state index contributed by atoms with van der Waals surface area (Å²) in [6.07, 6.45) is 0. The van der Waals surface area contributed by atoms with Crippen LogP contribution in [0, 0.1) is 5.92 Å². The van der Waals surface area contributed by atoms with Gasteiger partial charge in [0.2, 0.25) is 0 Å². The zero-order valence-corrected chi connectivity index (χ0v) is 13.1. The number of benzene rings is 1. The molecule has 5 heteroatoms. The van der Waals surface area contributed by atoms with Crippen LogP contribution in [0.15, 0.2) is 22.7 Å². The smallest absolute Gasteiger partial charge is 0.123 e. The topological polar surface area (TPSA) is 50.7 Å². The van der Waals surface area contributed by atoms with Crippen LogP contribution in [-0.4, -0.2) is 38.6 Å². The molecular formula is C14H22BrNO3. The van der Waals surface area contributed by atoms with Crippen LogP contribution in [0.4, 0.5) is 0 Å². The predicted molar refractivity (Wildman–Crippen MR) is 79.5 cm³/mol. The number of hydrogen-bond donors (Lipinski definition) is 2. The van der Waals surface area contributed by atoms with Crippen molar-refractivity contribution in [2.75, 3.05) is 33.5 Å². The molecule has 0 aliphatic heterocycles. The fourth-order valence-corrected chi connectivity index (χ4v) is 1.92. The normalized spacial score (nSPS) is 12.4. The van der Waals surface area contributed by atoms with Gasteiger partial charge in [0.1, 0.15) is 5.75 Å². The third kappa shape index (κ3) is 6.38. The molecule has 108 valence electrons. The second kappa shape index (κ2) is 9.31. The van der Waals surface area contributed by atoms with Gasteiger partial charge in [0, 0.05) is 42.8 Å². The Balaban J connectivity index is 2.58. The van der Waals surface area contributed by atoms with Crippen molar-refractivity contribution >= 4 is 15.9 Å². The lowest BCUT2D eigenvalue weighted by atomic mass is 10.2. The van der Waals surface area contributed by atoms with Crippen LogP contribution in [0.3, 0.4) is 0 Å². The summed E-state index contributed by atoms with van der Waals surface area (Å²) in [7, 11) is 1.69. The second-order valence-corrected chi connectivity index (χ2v) is 5.44. The average molecular weight is 332 g/mol. The summed E-state index contributed by atoms with van der Waals surface area (Å²) in [5.74, 6) is 0.992. The quantitative estimate of drug-likeness (QED) is 0.681. The molecule has 1 atom stereocenters. The van der Waals surface area contributed by atoms with E-state index in [1.165, 1.54) is 0 Å². The molecule has 0 amide bonds. The van der Waals surface area contributed by atoms with Crippen LogP contribution in [0.1, 0.15) is 12.5 Å². The van der Waals surface area contributed by atoms with Gasteiger partial charge in [-0.2, -0.15) is 0 Å². The van der Waals surface area contributed by atoms with Gasteiger partial charge in [-0.3, -0.25) is 0 Å². The molecule has 0 aliphatic carbocycles. The summed E-state index contributed by atoms with van der Waals surface area (Å²) in [6.45, 7) is 4.82. The van der Waals surface area contributed by atoms with Crippen molar-refractivity contribution in [3.8, 4) is 5.75 Å². The van der Waals surface area contributed by atoms with Gasteiger partial charge in [-0.1, -0.05) is 22.9 Å². The number of rotatable bonds is 9. The highest BCUT2D eigenvalue weighted by Gasteiger charge is 2.07. The number of halogens is 1. The molecule has 0 saturated carbocycles. The Kier molecular flexibility index (Phi) is 8.05. The second-order valence-electron chi connectivity index (χ2n) is 4.52. The standard InChI is InChI=1S/C14H22BrNO3/c1-11(9-17)10-19-14-4-3-13(15)7-12(14)8-16-5-6-18-2/h3-4,7,11,16-17H,5-6,8-10H2,1-2H3. The molecule has 0 saturated heterocycles. The molecular weight excluding hydrogens is 310 g/mol. The molecule has 0 aromatic heterocycles. The fraction of sp³-hybridized carbons (Fsp3) is 0.571. The molecule has 1 rings (SSSR count). The van der Waals surface area contributed by atoms with Gasteiger partial charge in [0.05, 0.1) is 13.2 Å². The zero-order valence-electron chi connectivity index (χ0n) is 11.5. The highest BCUT2D eigenvalue weighted by Crippen LogP contribution is 2.23. The Hall–Kier alpha value is -0.620. The monoisotopic (exact) mass is 331 g/mol. The number of ether oxygens (including phenoxy) is 2. The minimum Gasteiger partial charge on any atom is -0.493 e. The zero-order chi connectivity index (χ0) is 14.1. The number of hydrogen-bond acceptors (Lipinski definition) is 4.